The molecule has 0 amide bonds. The van der Waals surface area contributed by atoms with Crippen molar-refractivity contribution in [3.05, 3.63) is 75.7 Å². The molecule has 0 radical (unpaired) electrons. The van der Waals surface area contributed by atoms with E-state index in [4.69, 9.17) is 9.47 Å². The monoisotopic (exact) mass is 429 g/mol. The number of esters is 1. The van der Waals surface area contributed by atoms with Gasteiger partial charge in [-0.15, -0.1) is 11.3 Å². The molecule has 1 heterocycles. The Hall–Kier alpha value is -2.44. The second kappa shape index (κ2) is 8.78. The first kappa shape index (κ1) is 18.4. The number of ether oxygens (including phenoxy) is 2. The van der Waals surface area contributed by atoms with Crippen LogP contribution in [0.3, 0.4) is 0 Å². The van der Waals surface area contributed by atoms with E-state index in [-0.39, 0.29) is 6.61 Å². The van der Waals surface area contributed by atoms with Gasteiger partial charge < -0.3 is 9.47 Å². The van der Waals surface area contributed by atoms with Crippen LogP contribution in [0.2, 0.25) is 0 Å². The molecule has 4 nitrogen and oxygen atoms in total. The number of nitrogens with zero attached hydrogens (tertiary/aromatic N) is 1. The fraction of sp³-hybridized carbons (Fsp3) is 0.100. The van der Waals surface area contributed by atoms with E-state index in [0.29, 0.717) is 5.69 Å². The van der Waals surface area contributed by atoms with Gasteiger partial charge in [0.05, 0.1) is 18.4 Å². The molecule has 0 fully saturated rings. The predicted octanol–water partition coefficient (Wildman–Crippen LogP) is 5.34. The first-order valence-electron chi connectivity index (χ1n) is 7.84. The standard InChI is InChI=1S/C20H16BrNO3S/c1-24-18-9-8-15(21)11-17(18)20-22-16(13-26-20)12-25-19(23)10-7-14-5-3-2-4-6-14/h2-11,13H,12H2,1H3/b10-7+. The number of hydrogen-bond donors (Lipinski definition) is 0. The van der Waals surface area contributed by atoms with E-state index < -0.39 is 5.97 Å². The van der Waals surface area contributed by atoms with Gasteiger partial charge in [0.15, 0.2) is 0 Å². The second-order valence-electron chi connectivity index (χ2n) is 5.34. The summed E-state index contributed by atoms with van der Waals surface area (Å²) >= 11 is 4.94. The topological polar surface area (TPSA) is 48.4 Å². The number of carbonyl (C=O) groups is 1. The van der Waals surface area contributed by atoms with Gasteiger partial charge >= 0.3 is 5.97 Å². The number of rotatable bonds is 6. The SMILES string of the molecule is COc1ccc(Br)cc1-c1nc(COC(=O)/C=C/c2ccccc2)cs1. The smallest absolute Gasteiger partial charge is 0.331 e. The van der Waals surface area contributed by atoms with Crippen LogP contribution in [0, 0.1) is 0 Å². The largest absolute Gasteiger partial charge is 0.496 e. The Labute approximate surface area is 164 Å². The Morgan fingerprint density at radius 2 is 2.04 bits per heavy atom. The van der Waals surface area contributed by atoms with Crippen molar-refractivity contribution in [2.75, 3.05) is 7.11 Å². The van der Waals surface area contributed by atoms with Crippen LogP contribution in [0.15, 0.2) is 64.5 Å². The molecular weight excluding hydrogens is 414 g/mol. The second-order valence-corrected chi connectivity index (χ2v) is 7.11. The summed E-state index contributed by atoms with van der Waals surface area (Å²) in [5.74, 6) is 0.348. The molecule has 132 valence electrons. The normalized spacial score (nSPS) is 10.8. The van der Waals surface area contributed by atoms with Gasteiger partial charge in [-0.05, 0) is 29.8 Å². The zero-order valence-corrected chi connectivity index (χ0v) is 16.4. The van der Waals surface area contributed by atoms with Gasteiger partial charge in [-0.2, -0.15) is 0 Å². The van der Waals surface area contributed by atoms with Gasteiger partial charge in [-0.3, -0.25) is 0 Å². The third-order valence-corrected chi connectivity index (χ3v) is 4.94. The molecule has 0 saturated carbocycles. The van der Waals surface area contributed by atoms with Crippen molar-refractivity contribution in [1.82, 2.24) is 4.98 Å². The fourth-order valence-corrected chi connectivity index (χ4v) is 3.45. The van der Waals surface area contributed by atoms with Crippen molar-refractivity contribution >= 4 is 39.3 Å². The molecule has 0 bridgehead atoms. The van der Waals surface area contributed by atoms with Crippen molar-refractivity contribution in [1.29, 1.82) is 0 Å². The molecule has 3 rings (SSSR count). The number of thiazole rings is 1. The third kappa shape index (κ3) is 4.80. The van der Waals surface area contributed by atoms with Crippen molar-refractivity contribution in [3.63, 3.8) is 0 Å². The van der Waals surface area contributed by atoms with Crippen LogP contribution < -0.4 is 4.74 Å². The molecule has 0 unspecified atom stereocenters. The average Bonchev–Trinajstić information content (AvgIpc) is 3.14. The van der Waals surface area contributed by atoms with Gasteiger partial charge in [0.1, 0.15) is 17.4 Å². The van der Waals surface area contributed by atoms with Crippen LogP contribution in [-0.2, 0) is 16.1 Å². The average molecular weight is 430 g/mol. The molecular formula is C20H16BrNO3S. The highest BCUT2D eigenvalue weighted by molar-refractivity contribution is 9.10. The minimum absolute atomic E-state index is 0.130. The highest BCUT2D eigenvalue weighted by Gasteiger charge is 2.12. The summed E-state index contributed by atoms with van der Waals surface area (Å²) in [7, 11) is 1.63. The molecule has 2 aromatic carbocycles. The molecule has 0 aliphatic rings. The van der Waals surface area contributed by atoms with Gasteiger partial charge in [0, 0.05) is 15.9 Å². The number of methoxy groups -OCH3 is 1. The van der Waals surface area contributed by atoms with E-state index in [0.717, 1.165) is 26.4 Å². The summed E-state index contributed by atoms with van der Waals surface area (Å²) < 4.78 is 11.6. The van der Waals surface area contributed by atoms with E-state index >= 15 is 0 Å². The Morgan fingerprint density at radius 1 is 1.23 bits per heavy atom. The minimum Gasteiger partial charge on any atom is -0.496 e. The molecule has 0 N–H and O–H groups in total. The lowest BCUT2D eigenvalue weighted by Crippen LogP contribution is -2.01. The molecule has 6 heteroatoms. The first-order chi connectivity index (χ1) is 12.7. The number of aromatic nitrogens is 1. The summed E-state index contributed by atoms with van der Waals surface area (Å²) in [6.45, 7) is 0.130. The van der Waals surface area contributed by atoms with Crippen LogP contribution >= 0.6 is 27.3 Å². The molecule has 0 spiro atoms. The molecule has 0 aliphatic heterocycles. The highest BCUT2D eigenvalue weighted by Crippen LogP contribution is 2.34. The quantitative estimate of drug-likeness (QED) is 0.392. The molecule has 0 atom stereocenters. The van der Waals surface area contributed by atoms with Gasteiger partial charge in [0.2, 0.25) is 0 Å². The van der Waals surface area contributed by atoms with Crippen LogP contribution in [0.5, 0.6) is 5.75 Å². The maximum absolute atomic E-state index is 11.9. The van der Waals surface area contributed by atoms with Gasteiger partial charge in [-0.1, -0.05) is 46.3 Å². The first-order valence-corrected chi connectivity index (χ1v) is 9.51. The lowest BCUT2D eigenvalue weighted by molar-refractivity contribution is -0.139. The zero-order chi connectivity index (χ0) is 18.4. The summed E-state index contributed by atoms with van der Waals surface area (Å²) in [5.41, 5.74) is 2.55. The Balaban J connectivity index is 1.63. The maximum atomic E-state index is 11.9. The van der Waals surface area contributed by atoms with Gasteiger partial charge in [-0.25, -0.2) is 9.78 Å². The Morgan fingerprint density at radius 3 is 2.81 bits per heavy atom. The third-order valence-electron chi connectivity index (χ3n) is 3.52. The molecule has 1 aromatic heterocycles. The van der Waals surface area contributed by atoms with E-state index in [1.54, 1.807) is 13.2 Å². The molecule has 26 heavy (non-hydrogen) atoms. The van der Waals surface area contributed by atoms with E-state index in [1.807, 2.05) is 53.9 Å². The molecule has 0 saturated heterocycles. The molecule has 3 aromatic rings. The highest BCUT2D eigenvalue weighted by atomic mass is 79.9. The van der Waals surface area contributed by atoms with Crippen LogP contribution in [0.1, 0.15) is 11.3 Å². The summed E-state index contributed by atoms with van der Waals surface area (Å²) in [5, 5.41) is 2.69. The van der Waals surface area contributed by atoms with Crippen molar-refractivity contribution in [3.8, 4) is 16.3 Å². The number of halogens is 1. The summed E-state index contributed by atoms with van der Waals surface area (Å²) in [4.78, 5) is 16.4. The lowest BCUT2D eigenvalue weighted by atomic mass is 10.2. The maximum Gasteiger partial charge on any atom is 0.331 e. The van der Waals surface area contributed by atoms with Crippen molar-refractivity contribution in [2.45, 2.75) is 6.61 Å². The van der Waals surface area contributed by atoms with Crippen LogP contribution in [0.4, 0.5) is 0 Å². The van der Waals surface area contributed by atoms with Crippen molar-refractivity contribution < 1.29 is 14.3 Å². The van der Waals surface area contributed by atoms with E-state index in [1.165, 1.54) is 17.4 Å². The lowest BCUT2D eigenvalue weighted by Gasteiger charge is -2.06. The van der Waals surface area contributed by atoms with Gasteiger partial charge in [0.25, 0.3) is 0 Å². The van der Waals surface area contributed by atoms with Crippen LogP contribution in [-0.4, -0.2) is 18.1 Å². The fourth-order valence-electron chi connectivity index (χ4n) is 2.27. The summed E-state index contributed by atoms with van der Waals surface area (Å²) in [6.07, 6.45) is 3.14. The number of hydrogen-bond acceptors (Lipinski definition) is 5. The van der Waals surface area contributed by atoms with E-state index in [2.05, 4.69) is 20.9 Å². The van der Waals surface area contributed by atoms with E-state index in [9.17, 15) is 4.79 Å². The number of benzene rings is 2. The minimum atomic E-state index is -0.400. The number of carbonyl (C=O) groups excluding carboxylic acids is 1. The predicted molar refractivity (Wildman–Crippen MR) is 107 cm³/mol. The Kier molecular flexibility index (Phi) is 6.20. The Bertz CT molecular complexity index is 922. The zero-order valence-electron chi connectivity index (χ0n) is 14.0. The van der Waals surface area contributed by atoms with Crippen LogP contribution in [0.25, 0.3) is 16.6 Å². The van der Waals surface area contributed by atoms with Crippen molar-refractivity contribution in [2.24, 2.45) is 0 Å². The molecule has 0 aliphatic carbocycles. The summed E-state index contributed by atoms with van der Waals surface area (Å²) in [6, 6.07) is 15.3.